The highest BCUT2D eigenvalue weighted by Gasteiger charge is 2.35. The van der Waals surface area contributed by atoms with Crippen LogP contribution in [0.5, 0.6) is 0 Å². The largest absolute Gasteiger partial charge is 0.348 e. The summed E-state index contributed by atoms with van der Waals surface area (Å²) in [5.74, 6) is -0.0297. The van der Waals surface area contributed by atoms with Crippen LogP contribution in [0.3, 0.4) is 0 Å². The molecule has 0 heterocycles. The maximum Gasteiger partial charge on any atom is 0.251 e. The summed E-state index contributed by atoms with van der Waals surface area (Å²) in [4.78, 5) is 11.8. The first-order valence-electron chi connectivity index (χ1n) is 4.90. The lowest BCUT2D eigenvalue weighted by atomic mass is 10.1. The Labute approximate surface area is 97.2 Å². The standard InChI is InChI=1S/C11H13BrN2O/c1-6-4-7(12)2-3-8(6)11(15)14-10-5-9(10)13/h2-4,9-10H,5,13H2,1H3,(H,14,15). The highest BCUT2D eigenvalue weighted by atomic mass is 79.9. The average molecular weight is 269 g/mol. The molecule has 0 saturated heterocycles. The fraction of sp³-hybridized carbons (Fsp3) is 0.364. The van der Waals surface area contributed by atoms with Gasteiger partial charge in [0.05, 0.1) is 0 Å². The highest BCUT2D eigenvalue weighted by Crippen LogP contribution is 2.20. The Bertz CT molecular complexity index is 406. The molecule has 0 aliphatic heterocycles. The first kappa shape index (κ1) is 10.6. The third-order valence-electron chi connectivity index (χ3n) is 2.59. The zero-order valence-corrected chi connectivity index (χ0v) is 10.0. The van der Waals surface area contributed by atoms with E-state index in [1.165, 1.54) is 0 Å². The molecule has 1 amide bonds. The van der Waals surface area contributed by atoms with Crippen LogP contribution in [-0.2, 0) is 0 Å². The van der Waals surface area contributed by atoms with Gasteiger partial charge in [0.2, 0.25) is 0 Å². The zero-order valence-electron chi connectivity index (χ0n) is 8.46. The molecule has 1 aliphatic rings. The molecule has 0 aromatic heterocycles. The molecule has 1 aromatic carbocycles. The lowest BCUT2D eigenvalue weighted by Crippen LogP contribution is -2.30. The molecule has 4 heteroatoms. The Morgan fingerprint density at radius 3 is 2.80 bits per heavy atom. The fourth-order valence-corrected chi connectivity index (χ4v) is 1.98. The second kappa shape index (κ2) is 3.94. The monoisotopic (exact) mass is 268 g/mol. The molecule has 0 spiro atoms. The predicted molar refractivity (Wildman–Crippen MR) is 62.7 cm³/mol. The van der Waals surface area contributed by atoms with Gasteiger partial charge in [0.15, 0.2) is 0 Å². The van der Waals surface area contributed by atoms with Crippen LogP contribution in [0.15, 0.2) is 22.7 Å². The van der Waals surface area contributed by atoms with Crippen molar-refractivity contribution in [1.82, 2.24) is 5.32 Å². The minimum Gasteiger partial charge on any atom is -0.348 e. The van der Waals surface area contributed by atoms with Gasteiger partial charge in [0.1, 0.15) is 0 Å². The normalized spacial score (nSPS) is 23.7. The summed E-state index contributed by atoms with van der Waals surface area (Å²) >= 11 is 3.37. The Balaban J connectivity index is 2.11. The number of nitrogens with one attached hydrogen (secondary N) is 1. The molecule has 1 aromatic rings. The molecule has 0 radical (unpaired) electrons. The van der Waals surface area contributed by atoms with E-state index in [1.807, 2.05) is 25.1 Å². The second-order valence-corrected chi connectivity index (χ2v) is 4.85. The molecule has 2 rings (SSSR count). The fourth-order valence-electron chi connectivity index (χ4n) is 1.51. The molecule has 1 aliphatic carbocycles. The number of aryl methyl sites for hydroxylation is 1. The number of rotatable bonds is 2. The molecule has 3 N–H and O–H groups in total. The van der Waals surface area contributed by atoms with Crippen LogP contribution in [0, 0.1) is 6.92 Å². The van der Waals surface area contributed by atoms with Crippen molar-refractivity contribution < 1.29 is 4.79 Å². The van der Waals surface area contributed by atoms with Gasteiger partial charge in [-0.15, -0.1) is 0 Å². The summed E-state index contributed by atoms with van der Waals surface area (Å²) in [6.07, 6.45) is 0.890. The predicted octanol–water partition coefficient (Wildman–Crippen LogP) is 1.59. The Hall–Kier alpha value is -0.870. The van der Waals surface area contributed by atoms with Crippen molar-refractivity contribution in [2.24, 2.45) is 5.73 Å². The number of hydrogen-bond donors (Lipinski definition) is 2. The number of carbonyl (C=O) groups is 1. The van der Waals surface area contributed by atoms with Gasteiger partial charge in [-0.25, -0.2) is 0 Å². The minimum absolute atomic E-state index is 0.0297. The van der Waals surface area contributed by atoms with Crippen LogP contribution in [0.2, 0.25) is 0 Å². The van der Waals surface area contributed by atoms with Crippen LogP contribution >= 0.6 is 15.9 Å². The first-order valence-corrected chi connectivity index (χ1v) is 5.70. The van der Waals surface area contributed by atoms with Crippen molar-refractivity contribution in [3.05, 3.63) is 33.8 Å². The van der Waals surface area contributed by atoms with Gasteiger partial charge in [-0.05, 0) is 37.1 Å². The van der Waals surface area contributed by atoms with Crippen molar-refractivity contribution >= 4 is 21.8 Å². The van der Waals surface area contributed by atoms with E-state index in [2.05, 4.69) is 21.2 Å². The summed E-state index contributed by atoms with van der Waals surface area (Å²) in [5, 5.41) is 2.90. The van der Waals surface area contributed by atoms with Gasteiger partial charge in [-0.2, -0.15) is 0 Å². The molecule has 1 fully saturated rings. The Kier molecular flexibility index (Phi) is 2.80. The van der Waals surface area contributed by atoms with E-state index in [1.54, 1.807) is 0 Å². The van der Waals surface area contributed by atoms with Gasteiger partial charge in [0.25, 0.3) is 5.91 Å². The van der Waals surface area contributed by atoms with E-state index in [0.717, 1.165) is 22.0 Å². The molecule has 15 heavy (non-hydrogen) atoms. The third kappa shape index (κ3) is 2.38. The Morgan fingerprint density at radius 2 is 2.27 bits per heavy atom. The molecule has 0 bridgehead atoms. The van der Waals surface area contributed by atoms with Crippen molar-refractivity contribution in [2.75, 3.05) is 0 Å². The molecule has 2 atom stereocenters. The van der Waals surface area contributed by atoms with E-state index in [0.29, 0.717) is 0 Å². The summed E-state index contributed by atoms with van der Waals surface area (Å²) in [6, 6.07) is 5.93. The molecular formula is C11H13BrN2O. The molecule has 1 saturated carbocycles. The number of nitrogens with two attached hydrogens (primary N) is 1. The second-order valence-electron chi connectivity index (χ2n) is 3.94. The molecule has 3 nitrogen and oxygen atoms in total. The SMILES string of the molecule is Cc1cc(Br)ccc1C(=O)NC1CC1N. The van der Waals surface area contributed by atoms with Gasteiger partial charge < -0.3 is 11.1 Å². The molecule has 2 unspecified atom stereocenters. The number of hydrogen-bond acceptors (Lipinski definition) is 2. The van der Waals surface area contributed by atoms with Crippen molar-refractivity contribution in [1.29, 1.82) is 0 Å². The smallest absolute Gasteiger partial charge is 0.251 e. The number of amides is 1. The summed E-state index contributed by atoms with van der Waals surface area (Å²) < 4.78 is 0.986. The highest BCUT2D eigenvalue weighted by molar-refractivity contribution is 9.10. The van der Waals surface area contributed by atoms with Crippen LogP contribution in [0.1, 0.15) is 22.3 Å². The van der Waals surface area contributed by atoms with Gasteiger partial charge in [-0.3, -0.25) is 4.79 Å². The number of halogens is 1. The van der Waals surface area contributed by atoms with Crippen molar-refractivity contribution in [3.63, 3.8) is 0 Å². The van der Waals surface area contributed by atoms with Crippen molar-refractivity contribution in [2.45, 2.75) is 25.4 Å². The van der Waals surface area contributed by atoms with E-state index >= 15 is 0 Å². The number of benzene rings is 1. The van der Waals surface area contributed by atoms with Crippen LogP contribution in [-0.4, -0.2) is 18.0 Å². The Morgan fingerprint density at radius 1 is 1.60 bits per heavy atom. The average Bonchev–Trinajstić information content (AvgIpc) is 2.81. The molecule has 80 valence electrons. The van der Waals surface area contributed by atoms with Crippen molar-refractivity contribution in [3.8, 4) is 0 Å². The minimum atomic E-state index is -0.0297. The maximum absolute atomic E-state index is 11.8. The molecular weight excluding hydrogens is 256 g/mol. The van der Waals surface area contributed by atoms with Gasteiger partial charge in [0, 0.05) is 22.1 Å². The van der Waals surface area contributed by atoms with E-state index in [9.17, 15) is 4.79 Å². The number of carbonyl (C=O) groups excluding carboxylic acids is 1. The lowest BCUT2D eigenvalue weighted by Gasteiger charge is -2.07. The lowest BCUT2D eigenvalue weighted by molar-refractivity contribution is 0.0949. The summed E-state index contributed by atoms with van der Waals surface area (Å²) in [6.45, 7) is 1.92. The van der Waals surface area contributed by atoms with Gasteiger partial charge in [-0.1, -0.05) is 15.9 Å². The summed E-state index contributed by atoms with van der Waals surface area (Å²) in [5.41, 5.74) is 7.32. The van der Waals surface area contributed by atoms with E-state index < -0.39 is 0 Å². The van der Waals surface area contributed by atoms with E-state index in [4.69, 9.17) is 5.73 Å². The van der Waals surface area contributed by atoms with Crippen LogP contribution in [0.4, 0.5) is 0 Å². The summed E-state index contributed by atoms with van der Waals surface area (Å²) in [7, 11) is 0. The quantitative estimate of drug-likeness (QED) is 0.856. The van der Waals surface area contributed by atoms with Crippen LogP contribution in [0.25, 0.3) is 0 Å². The topological polar surface area (TPSA) is 55.1 Å². The zero-order chi connectivity index (χ0) is 11.0. The first-order chi connectivity index (χ1) is 7.08. The van der Waals surface area contributed by atoms with Gasteiger partial charge >= 0.3 is 0 Å². The third-order valence-corrected chi connectivity index (χ3v) is 3.08. The maximum atomic E-state index is 11.8. The van der Waals surface area contributed by atoms with E-state index in [-0.39, 0.29) is 18.0 Å². The van der Waals surface area contributed by atoms with Crippen LogP contribution < -0.4 is 11.1 Å².